The molecule has 0 saturated heterocycles. The molecule has 0 spiro atoms. The third-order valence-electron chi connectivity index (χ3n) is 2.65. The molecule has 0 aliphatic heterocycles. The van der Waals surface area contributed by atoms with Crippen LogP contribution in [0.15, 0.2) is 22.7 Å². The van der Waals surface area contributed by atoms with Crippen molar-refractivity contribution in [2.24, 2.45) is 5.41 Å². The Labute approximate surface area is 123 Å². The number of hydrogen-bond acceptors (Lipinski definition) is 3. The Bertz CT molecular complexity index is 438. The van der Waals surface area contributed by atoms with E-state index >= 15 is 0 Å². The van der Waals surface area contributed by atoms with Crippen LogP contribution in [0.1, 0.15) is 24.2 Å². The summed E-state index contributed by atoms with van der Waals surface area (Å²) >= 11 is 3.34. The van der Waals surface area contributed by atoms with Gasteiger partial charge in [0, 0.05) is 28.8 Å². The first-order chi connectivity index (χ1) is 8.69. The summed E-state index contributed by atoms with van der Waals surface area (Å²) in [6.07, 6.45) is 0. The first-order valence-corrected chi connectivity index (χ1v) is 6.98. The van der Waals surface area contributed by atoms with Crippen molar-refractivity contribution in [2.45, 2.75) is 13.8 Å². The van der Waals surface area contributed by atoms with Gasteiger partial charge in [-0.3, -0.25) is 4.79 Å². The molecule has 106 valence electrons. The zero-order valence-electron chi connectivity index (χ0n) is 12.0. The molecule has 3 N–H and O–H groups in total. The topological polar surface area (TPSA) is 58.4 Å². The second kappa shape index (κ2) is 6.39. The molecule has 0 aliphatic rings. The Morgan fingerprint density at radius 3 is 2.53 bits per heavy atom. The molecule has 0 bridgehead atoms. The van der Waals surface area contributed by atoms with E-state index in [1.807, 2.05) is 14.1 Å². The summed E-state index contributed by atoms with van der Waals surface area (Å²) in [6, 6.07) is 5.22. The number of amides is 1. The number of hydrogen-bond donors (Lipinski definition) is 2. The van der Waals surface area contributed by atoms with Crippen LogP contribution in [0.3, 0.4) is 0 Å². The number of carbonyl (C=O) groups is 1. The van der Waals surface area contributed by atoms with Crippen molar-refractivity contribution < 1.29 is 4.79 Å². The maximum Gasteiger partial charge on any atom is 0.251 e. The number of halogens is 1. The van der Waals surface area contributed by atoms with E-state index in [1.54, 1.807) is 18.2 Å². The van der Waals surface area contributed by atoms with Gasteiger partial charge < -0.3 is 16.0 Å². The van der Waals surface area contributed by atoms with Gasteiger partial charge in [-0.25, -0.2) is 0 Å². The fourth-order valence-electron chi connectivity index (χ4n) is 2.08. The highest BCUT2D eigenvalue weighted by Crippen LogP contribution is 2.18. The second-order valence-electron chi connectivity index (χ2n) is 5.86. The van der Waals surface area contributed by atoms with Crippen molar-refractivity contribution in [3.8, 4) is 0 Å². The number of carbonyl (C=O) groups excluding carboxylic acids is 1. The Hall–Kier alpha value is -1.07. The monoisotopic (exact) mass is 327 g/mol. The first kappa shape index (κ1) is 16.0. The first-order valence-electron chi connectivity index (χ1n) is 6.19. The van der Waals surface area contributed by atoms with E-state index in [4.69, 9.17) is 5.73 Å². The predicted molar refractivity (Wildman–Crippen MR) is 83.2 cm³/mol. The lowest BCUT2D eigenvalue weighted by molar-refractivity contribution is 0.0929. The molecule has 0 saturated carbocycles. The van der Waals surface area contributed by atoms with Gasteiger partial charge in [0.05, 0.1) is 0 Å². The van der Waals surface area contributed by atoms with Crippen LogP contribution < -0.4 is 11.1 Å². The molecule has 4 nitrogen and oxygen atoms in total. The van der Waals surface area contributed by atoms with Gasteiger partial charge in [-0.1, -0.05) is 29.8 Å². The lowest BCUT2D eigenvalue weighted by Crippen LogP contribution is -2.40. The maximum atomic E-state index is 12.1. The van der Waals surface area contributed by atoms with Crippen molar-refractivity contribution in [3.05, 3.63) is 28.2 Å². The van der Waals surface area contributed by atoms with E-state index in [0.29, 0.717) is 17.8 Å². The van der Waals surface area contributed by atoms with E-state index in [-0.39, 0.29) is 11.3 Å². The van der Waals surface area contributed by atoms with Crippen LogP contribution in [-0.4, -0.2) is 38.0 Å². The highest BCUT2D eigenvalue weighted by molar-refractivity contribution is 9.10. The van der Waals surface area contributed by atoms with Crippen LogP contribution in [-0.2, 0) is 0 Å². The van der Waals surface area contributed by atoms with Crippen LogP contribution >= 0.6 is 15.9 Å². The molecule has 0 radical (unpaired) electrons. The number of nitrogen functional groups attached to an aromatic ring is 1. The fraction of sp³-hybridized carbons (Fsp3) is 0.500. The molecule has 0 unspecified atom stereocenters. The Morgan fingerprint density at radius 2 is 2.00 bits per heavy atom. The SMILES string of the molecule is CN(C)CC(C)(C)CNC(=O)c1cc(N)cc(Br)c1. The molecule has 5 heteroatoms. The van der Waals surface area contributed by atoms with Gasteiger partial charge >= 0.3 is 0 Å². The molecule has 0 aromatic heterocycles. The van der Waals surface area contributed by atoms with Crippen LogP contribution in [0.4, 0.5) is 5.69 Å². The zero-order valence-corrected chi connectivity index (χ0v) is 13.5. The summed E-state index contributed by atoms with van der Waals surface area (Å²) in [5.74, 6) is -0.0974. The summed E-state index contributed by atoms with van der Waals surface area (Å²) in [6.45, 7) is 5.79. The molecular formula is C14H22BrN3O. The number of nitrogens with zero attached hydrogens (tertiary/aromatic N) is 1. The summed E-state index contributed by atoms with van der Waals surface area (Å²) in [7, 11) is 4.05. The maximum absolute atomic E-state index is 12.1. The second-order valence-corrected chi connectivity index (χ2v) is 6.77. The molecular weight excluding hydrogens is 306 g/mol. The highest BCUT2D eigenvalue weighted by atomic mass is 79.9. The quantitative estimate of drug-likeness (QED) is 0.816. The average Bonchev–Trinajstić information content (AvgIpc) is 2.22. The molecule has 19 heavy (non-hydrogen) atoms. The van der Waals surface area contributed by atoms with Gasteiger partial charge in [-0.05, 0) is 37.7 Å². The van der Waals surface area contributed by atoms with E-state index in [2.05, 4.69) is 40.0 Å². The Kier molecular flexibility index (Phi) is 5.38. The normalized spacial score (nSPS) is 11.7. The summed E-state index contributed by atoms with van der Waals surface area (Å²) in [5, 5.41) is 2.96. The number of nitrogens with two attached hydrogens (primary N) is 1. The molecule has 0 aliphatic carbocycles. The number of anilines is 1. The third kappa shape index (κ3) is 5.61. The van der Waals surface area contributed by atoms with Crippen molar-refractivity contribution in [1.29, 1.82) is 0 Å². The highest BCUT2D eigenvalue weighted by Gasteiger charge is 2.20. The predicted octanol–water partition coefficient (Wildman–Crippen LogP) is 2.35. The third-order valence-corrected chi connectivity index (χ3v) is 3.11. The Balaban J connectivity index is 2.65. The largest absolute Gasteiger partial charge is 0.399 e. The van der Waals surface area contributed by atoms with Crippen LogP contribution in [0.2, 0.25) is 0 Å². The lowest BCUT2D eigenvalue weighted by atomic mass is 9.93. The molecule has 1 amide bonds. The minimum absolute atomic E-state index is 0.0245. The minimum atomic E-state index is -0.0974. The van der Waals surface area contributed by atoms with Gasteiger partial charge in [-0.15, -0.1) is 0 Å². The van der Waals surface area contributed by atoms with Crippen LogP contribution in [0.25, 0.3) is 0 Å². The Morgan fingerprint density at radius 1 is 1.37 bits per heavy atom. The van der Waals surface area contributed by atoms with E-state index in [1.165, 1.54) is 0 Å². The van der Waals surface area contributed by atoms with E-state index in [0.717, 1.165) is 11.0 Å². The van der Waals surface area contributed by atoms with E-state index in [9.17, 15) is 4.79 Å². The van der Waals surface area contributed by atoms with Crippen molar-refractivity contribution in [3.63, 3.8) is 0 Å². The molecule has 0 fully saturated rings. The van der Waals surface area contributed by atoms with Crippen molar-refractivity contribution >= 4 is 27.5 Å². The molecule has 1 aromatic carbocycles. The average molecular weight is 328 g/mol. The summed E-state index contributed by atoms with van der Waals surface area (Å²) < 4.78 is 0.810. The van der Waals surface area contributed by atoms with Crippen molar-refractivity contribution in [2.75, 3.05) is 32.9 Å². The van der Waals surface area contributed by atoms with E-state index < -0.39 is 0 Å². The van der Waals surface area contributed by atoms with Gasteiger partial charge in [-0.2, -0.15) is 0 Å². The number of nitrogens with one attached hydrogen (secondary N) is 1. The lowest BCUT2D eigenvalue weighted by Gasteiger charge is -2.28. The number of benzene rings is 1. The molecule has 1 rings (SSSR count). The summed E-state index contributed by atoms with van der Waals surface area (Å²) in [4.78, 5) is 14.2. The minimum Gasteiger partial charge on any atom is -0.399 e. The molecule has 0 atom stereocenters. The standard InChI is InChI=1S/C14H22BrN3O/c1-14(2,9-18(3)4)8-17-13(19)10-5-11(15)7-12(16)6-10/h5-7H,8-9,16H2,1-4H3,(H,17,19). The summed E-state index contributed by atoms with van der Waals surface area (Å²) in [5.41, 5.74) is 6.91. The van der Waals surface area contributed by atoms with Gasteiger partial charge in [0.25, 0.3) is 5.91 Å². The van der Waals surface area contributed by atoms with Crippen molar-refractivity contribution in [1.82, 2.24) is 10.2 Å². The van der Waals surface area contributed by atoms with Gasteiger partial charge in [0.2, 0.25) is 0 Å². The fourth-order valence-corrected chi connectivity index (χ4v) is 2.59. The number of rotatable bonds is 5. The van der Waals surface area contributed by atoms with Gasteiger partial charge in [0.1, 0.15) is 0 Å². The molecule has 1 aromatic rings. The van der Waals surface area contributed by atoms with Crippen LogP contribution in [0, 0.1) is 5.41 Å². The zero-order chi connectivity index (χ0) is 14.6. The van der Waals surface area contributed by atoms with Crippen LogP contribution in [0.5, 0.6) is 0 Å². The molecule has 0 heterocycles. The van der Waals surface area contributed by atoms with Gasteiger partial charge in [0.15, 0.2) is 0 Å². The smallest absolute Gasteiger partial charge is 0.251 e.